The van der Waals surface area contributed by atoms with Crippen molar-refractivity contribution < 1.29 is 4.74 Å². The van der Waals surface area contributed by atoms with Crippen molar-refractivity contribution in [1.82, 2.24) is 0 Å². The van der Waals surface area contributed by atoms with Crippen molar-refractivity contribution in [1.29, 1.82) is 0 Å². The molecule has 0 aliphatic heterocycles. The lowest BCUT2D eigenvalue weighted by molar-refractivity contribution is 0.242. The van der Waals surface area contributed by atoms with E-state index < -0.39 is 0 Å². The normalized spacial score (nSPS) is 10.2. The maximum Gasteiger partial charge on any atom is 0.120 e. The second kappa shape index (κ2) is 4.47. The monoisotopic (exact) mass is 240 g/mol. The Balaban J connectivity index is 2.92. The molecular formula is C11H13BrO. The summed E-state index contributed by atoms with van der Waals surface area (Å²) in [5, 5.41) is 0. The predicted molar refractivity (Wildman–Crippen MR) is 60.0 cm³/mol. The van der Waals surface area contributed by atoms with E-state index in [9.17, 15) is 0 Å². The van der Waals surface area contributed by atoms with Gasteiger partial charge in [-0.15, -0.1) is 0 Å². The number of hydrogen-bond donors (Lipinski definition) is 0. The summed E-state index contributed by atoms with van der Waals surface area (Å²) in [5.41, 5.74) is 1.05. The largest absolute Gasteiger partial charge is 0.491 e. The molecule has 1 aromatic rings. The lowest BCUT2D eigenvalue weighted by Gasteiger charge is -2.10. The van der Waals surface area contributed by atoms with Gasteiger partial charge in [-0.25, -0.2) is 0 Å². The number of halogens is 1. The fourth-order valence-corrected chi connectivity index (χ4v) is 1.43. The van der Waals surface area contributed by atoms with E-state index in [2.05, 4.69) is 22.5 Å². The molecule has 0 fully saturated rings. The molecule has 1 aromatic carbocycles. The second-order valence-electron chi connectivity index (χ2n) is 3.05. The van der Waals surface area contributed by atoms with Crippen molar-refractivity contribution in [2.75, 3.05) is 0 Å². The first-order valence-electron chi connectivity index (χ1n) is 4.22. The van der Waals surface area contributed by atoms with Gasteiger partial charge in [0, 0.05) is 4.47 Å². The van der Waals surface area contributed by atoms with Crippen LogP contribution in [-0.2, 0) is 0 Å². The van der Waals surface area contributed by atoms with Gasteiger partial charge in [0.2, 0.25) is 0 Å². The van der Waals surface area contributed by atoms with E-state index in [1.807, 2.05) is 32.0 Å². The van der Waals surface area contributed by atoms with Crippen LogP contribution in [0.3, 0.4) is 0 Å². The molecular weight excluding hydrogens is 228 g/mol. The van der Waals surface area contributed by atoms with Crippen LogP contribution in [0.15, 0.2) is 29.3 Å². The van der Waals surface area contributed by atoms with Crippen LogP contribution in [0.5, 0.6) is 5.75 Å². The molecule has 0 spiro atoms. The Hall–Kier alpha value is -0.760. The molecule has 0 radical (unpaired) electrons. The predicted octanol–water partition coefficient (Wildman–Crippen LogP) is 3.88. The first kappa shape index (κ1) is 10.3. The van der Waals surface area contributed by atoms with Crippen LogP contribution < -0.4 is 4.74 Å². The highest BCUT2D eigenvalue weighted by Gasteiger charge is 2.00. The van der Waals surface area contributed by atoms with Crippen LogP contribution in [0.2, 0.25) is 0 Å². The molecule has 0 N–H and O–H groups in total. The third kappa shape index (κ3) is 2.88. The van der Waals surface area contributed by atoms with Gasteiger partial charge in [-0.05, 0) is 37.6 Å². The molecule has 13 heavy (non-hydrogen) atoms. The minimum absolute atomic E-state index is 0.207. The molecule has 2 heteroatoms. The van der Waals surface area contributed by atoms with Crippen LogP contribution in [0.1, 0.15) is 19.4 Å². The first-order chi connectivity index (χ1) is 6.13. The minimum atomic E-state index is 0.207. The summed E-state index contributed by atoms with van der Waals surface area (Å²) in [6, 6.07) is 5.88. The van der Waals surface area contributed by atoms with Gasteiger partial charge >= 0.3 is 0 Å². The van der Waals surface area contributed by atoms with E-state index in [-0.39, 0.29) is 6.10 Å². The molecule has 0 aliphatic carbocycles. The molecule has 0 heterocycles. The van der Waals surface area contributed by atoms with Gasteiger partial charge in [0.25, 0.3) is 0 Å². The highest BCUT2D eigenvalue weighted by molar-refractivity contribution is 9.10. The van der Waals surface area contributed by atoms with E-state index in [1.165, 1.54) is 0 Å². The van der Waals surface area contributed by atoms with E-state index >= 15 is 0 Å². The van der Waals surface area contributed by atoms with E-state index in [1.54, 1.807) is 6.08 Å². The summed E-state index contributed by atoms with van der Waals surface area (Å²) in [6.45, 7) is 7.75. The van der Waals surface area contributed by atoms with E-state index in [0.717, 1.165) is 15.8 Å². The van der Waals surface area contributed by atoms with Crippen LogP contribution in [0, 0.1) is 0 Å². The average molecular weight is 241 g/mol. The zero-order valence-corrected chi connectivity index (χ0v) is 9.47. The SMILES string of the molecule is C=Cc1cc(OC(C)C)ccc1Br. The summed E-state index contributed by atoms with van der Waals surface area (Å²) in [5.74, 6) is 0.883. The molecule has 0 saturated carbocycles. The molecule has 0 bridgehead atoms. The zero-order valence-electron chi connectivity index (χ0n) is 7.88. The fraction of sp³-hybridized carbons (Fsp3) is 0.273. The van der Waals surface area contributed by atoms with Gasteiger partial charge in [-0.3, -0.25) is 0 Å². The van der Waals surface area contributed by atoms with Crippen LogP contribution in [0.4, 0.5) is 0 Å². The Morgan fingerprint density at radius 2 is 2.15 bits per heavy atom. The van der Waals surface area contributed by atoms with Gasteiger partial charge in [0.1, 0.15) is 5.75 Å². The van der Waals surface area contributed by atoms with E-state index in [0.29, 0.717) is 0 Å². The van der Waals surface area contributed by atoms with Gasteiger partial charge in [-0.2, -0.15) is 0 Å². The first-order valence-corrected chi connectivity index (χ1v) is 5.01. The maximum absolute atomic E-state index is 5.54. The number of benzene rings is 1. The molecule has 0 saturated heterocycles. The smallest absolute Gasteiger partial charge is 0.120 e. The highest BCUT2D eigenvalue weighted by Crippen LogP contribution is 2.23. The lowest BCUT2D eigenvalue weighted by Crippen LogP contribution is -2.05. The third-order valence-electron chi connectivity index (χ3n) is 1.56. The highest BCUT2D eigenvalue weighted by atomic mass is 79.9. The Morgan fingerprint density at radius 3 is 2.69 bits per heavy atom. The standard InChI is InChI=1S/C11H13BrO/c1-4-9-7-10(13-8(2)3)5-6-11(9)12/h4-8H,1H2,2-3H3. The molecule has 0 unspecified atom stereocenters. The number of hydrogen-bond acceptors (Lipinski definition) is 1. The van der Waals surface area contributed by atoms with Crippen molar-refractivity contribution in [2.24, 2.45) is 0 Å². The molecule has 70 valence electrons. The van der Waals surface area contributed by atoms with Crippen molar-refractivity contribution in [3.8, 4) is 5.75 Å². The summed E-state index contributed by atoms with van der Waals surface area (Å²) >= 11 is 3.43. The summed E-state index contributed by atoms with van der Waals surface area (Å²) < 4.78 is 6.58. The number of rotatable bonds is 3. The van der Waals surface area contributed by atoms with Crippen molar-refractivity contribution in [2.45, 2.75) is 20.0 Å². The molecule has 0 amide bonds. The Morgan fingerprint density at radius 1 is 1.46 bits per heavy atom. The molecule has 0 atom stereocenters. The zero-order chi connectivity index (χ0) is 9.84. The van der Waals surface area contributed by atoms with Crippen molar-refractivity contribution >= 4 is 22.0 Å². The fourth-order valence-electron chi connectivity index (χ4n) is 1.02. The Labute approximate surface area is 87.5 Å². The van der Waals surface area contributed by atoms with Crippen molar-refractivity contribution in [3.05, 3.63) is 34.8 Å². The number of ether oxygens (including phenoxy) is 1. The Kier molecular flexibility index (Phi) is 3.55. The molecule has 1 nitrogen and oxygen atoms in total. The van der Waals surface area contributed by atoms with Gasteiger partial charge in [-0.1, -0.05) is 28.6 Å². The molecule has 0 aromatic heterocycles. The quantitative estimate of drug-likeness (QED) is 0.780. The van der Waals surface area contributed by atoms with Crippen LogP contribution >= 0.6 is 15.9 Å². The topological polar surface area (TPSA) is 9.23 Å². The Bertz CT molecular complexity index is 305. The summed E-state index contributed by atoms with van der Waals surface area (Å²) in [7, 11) is 0. The van der Waals surface area contributed by atoms with Crippen LogP contribution in [-0.4, -0.2) is 6.10 Å². The van der Waals surface area contributed by atoms with Crippen LogP contribution in [0.25, 0.3) is 6.08 Å². The second-order valence-corrected chi connectivity index (χ2v) is 3.91. The lowest BCUT2D eigenvalue weighted by atomic mass is 10.2. The summed E-state index contributed by atoms with van der Waals surface area (Å²) in [4.78, 5) is 0. The van der Waals surface area contributed by atoms with Gasteiger partial charge < -0.3 is 4.74 Å². The summed E-state index contributed by atoms with van der Waals surface area (Å²) in [6.07, 6.45) is 2.01. The van der Waals surface area contributed by atoms with Gasteiger partial charge in [0.15, 0.2) is 0 Å². The van der Waals surface area contributed by atoms with Gasteiger partial charge in [0.05, 0.1) is 6.10 Å². The van der Waals surface area contributed by atoms with Crippen molar-refractivity contribution in [3.63, 3.8) is 0 Å². The molecule has 1 rings (SSSR count). The molecule has 0 aliphatic rings. The third-order valence-corrected chi connectivity index (χ3v) is 2.28. The maximum atomic E-state index is 5.54. The average Bonchev–Trinajstić information content (AvgIpc) is 2.07. The minimum Gasteiger partial charge on any atom is -0.491 e. The van der Waals surface area contributed by atoms with E-state index in [4.69, 9.17) is 4.74 Å².